The molecule has 3 rings (SSSR count). The Morgan fingerprint density at radius 1 is 0.900 bits per heavy atom. The summed E-state index contributed by atoms with van der Waals surface area (Å²) in [7, 11) is 4.14. The van der Waals surface area contributed by atoms with Crippen LogP contribution in [-0.4, -0.2) is 19.1 Å². The summed E-state index contributed by atoms with van der Waals surface area (Å²) in [6.45, 7) is 2.12. The van der Waals surface area contributed by atoms with Crippen LogP contribution >= 0.6 is 0 Å². The summed E-state index contributed by atoms with van der Waals surface area (Å²) >= 11 is 0. The van der Waals surface area contributed by atoms with Gasteiger partial charge in [-0.05, 0) is 30.7 Å². The molecule has 0 spiro atoms. The molecule has 0 radical (unpaired) electrons. The molecule has 3 aromatic rings. The average molecular weight is 262 g/mol. The zero-order valence-corrected chi connectivity index (χ0v) is 12.1. The summed E-state index contributed by atoms with van der Waals surface area (Å²) in [6, 6.07) is 18.9. The Labute approximate surface area is 119 Å². The van der Waals surface area contributed by atoms with Crippen LogP contribution in [0.1, 0.15) is 5.56 Å². The number of fused-ring (bicyclic) bond motifs is 1. The van der Waals surface area contributed by atoms with Crippen molar-refractivity contribution in [2.45, 2.75) is 6.92 Å². The number of hydrogen-bond donors (Lipinski definition) is 0. The van der Waals surface area contributed by atoms with Crippen molar-refractivity contribution in [3.63, 3.8) is 0 Å². The van der Waals surface area contributed by atoms with Gasteiger partial charge in [-0.2, -0.15) is 0 Å². The monoisotopic (exact) mass is 262 g/mol. The first-order valence-corrected chi connectivity index (χ1v) is 6.79. The first kappa shape index (κ1) is 12.7. The molecule has 20 heavy (non-hydrogen) atoms. The van der Waals surface area contributed by atoms with Gasteiger partial charge >= 0.3 is 0 Å². The van der Waals surface area contributed by atoms with E-state index in [9.17, 15) is 0 Å². The summed E-state index contributed by atoms with van der Waals surface area (Å²) < 4.78 is 0. The molecule has 0 aliphatic heterocycles. The Hall–Kier alpha value is -2.35. The maximum Gasteiger partial charge on any atom is 0.0730 e. The number of aromatic nitrogens is 1. The lowest BCUT2D eigenvalue weighted by Crippen LogP contribution is -2.10. The van der Waals surface area contributed by atoms with E-state index in [1.165, 1.54) is 22.2 Å². The highest BCUT2D eigenvalue weighted by atomic mass is 15.1. The number of para-hydroxylation sites is 1. The summed E-state index contributed by atoms with van der Waals surface area (Å²) in [4.78, 5) is 6.93. The number of hydrogen-bond acceptors (Lipinski definition) is 2. The molecule has 0 aliphatic carbocycles. The molecule has 0 fully saturated rings. The number of anilines is 1. The van der Waals surface area contributed by atoms with Crippen LogP contribution in [0.2, 0.25) is 0 Å². The van der Waals surface area contributed by atoms with Gasteiger partial charge in [-0.1, -0.05) is 36.4 Å². The van der Waals surface area contributed by atoms with Crippen LogP contribution in [0.15, 0.2) is 54.6 Å². The van der Waals surface area contributed by atoms with Gasteiger partial charge in [0.1, 0.15) is 0 Å². The molecule has 2 nitrogen and oxygen atoms in total. The topological polar surface area (TPSA) is 16.1 Å². The lowest BCUT2D eigenvalue weighted by molar-refractivity contribution is 1.13. The van der Waals surface area contributed by atoms with Crippen LogP contribution < -0.4 is 4.90 Å². The molecule has 1 heterocycles. The smallest absolute Gasteiger partial charge is 0.0730 e. The minimum absolute atomic E-state index is 1.02. The zero-order chi connectivity index (χ0) is 14.1. The van der Waals surface area contributed by atoms with E-state index in [1.54, 1.807) is 0 Å². The summed E-state index contributed by atoms with van der Waals surface area (Å²) in [6.07, 6.45) is 0. The molecular weight excluding hydrogens is 244 g/mol. The second-order valence-corrected chi connectivity index (χ2v) is 5.30. The molecule has 0 saturated carbocycles. The standard InChI is InChI=1S/C18H18N2/c1-13-8-10-15(18(12-13)20(2)3)17-11-9-14-6-4-5-7-16(14)19-17/h4-12H,1-3H3. The van der Waals surface area contributed by atoms with E-state index < -0.39 is 0 Å². The molecule has 0 saturated heterocycles. The zero-order valence-electron chi connectivity index (χ0n) is 12.1. The molecule has 0 N–H and O–H groups in total. The van der Waals surface area contributed by atoms with E-state index >= 15 is 0 Å². The second-order valence-electron chi connectivity index (χ2n) is 5.30. The molecule has 0 bridgehead atoms. The lowest BCUT2D eigenvalue weighted by Gasteiger charge is -2.18. The molecule has 0 amide bonds. The first-order chi connectivity index (χ1) is 9.65. The molecule has 0 atom stereocenters. The van der Waals surface area contributed by atoms with Crippen LogP contribution in [0.5, 0.6) is 0 Å². The summed E-state index contributed by atoms with van der Waals surface area (Å²) in [5.74, 6) is 0. The van der Waals surface area contributed by atoms with Crippen LogP contribution in [0.3, 0.4) is 0 Å². The van der Waals surface area contributed by atoms with Crippen molar-refractivity contribution < 1.29 is 0 Å². The number of pyridine rings is 1. The summed E-state index contributed by atoms with van der Waals surface area (Å²) in [5, 5.41) is 1.18. The van der Waals surface area contributed by atoms with E-state index in [4.69, 9.17) is 4.98 Å². The minimum atomic E-state index is 1.02. The predicted molar refractivity (Wildman–Crippen MR) is 86.2 cm³/mol. The highest BCUT2D eigenvalue weighted by molar-refractivity contribution is 5.84. The highest BCUT2D eigenvalue weighted by Gasteiger charge is 2.09. The van der Waals surface area contributed by atoms with Crippen molar-refractivity contribution in [1.29, 1.82) is 0 Å². The van der Waals surface area contributed by atoms with Gasteiger partial charge in [-0.25, -0.2) is 4.98 Å². The third kappa shape index (κ3) is 2.25. The Bertz CT molecular complexity index is 760. The van der Waals surface area contributed by atoms with Crippen molar-refractivity contribution in [3.05, 3.63) is 60.2 Å². The van der Waals surface area contributed by atoms with E-state index in [0.717, 1.165) is 11.2 Å². The molecule has 0 unspecified atom stereocenters. The van der Waals surface area contributed by atoms with Gasteiger partial charge in [0.2, 0.25) is 0 Å². The SMILES string of the molecule is Cc1ccc(-c2ccc3ccccc3n2)c(N(C)C)c1. The maximum atomic E-state index is 4.79. The fourth-order valence-electron chi connectivity index (χ4n) is 2.44. The molecular formula is C18H18N2. The second kappa shape index (κ2) is 4.97. The molecule has 100 valence electrons. The Morgan fingerprint density at radius 2 is 1.70 bits per heavy atom. The van der Waals surface area contributed by atoms with Gasteiger partial charge in [-0.3, -0.25) is 0 Å². The molecule has 2 aromatic carbocycles. The third-order valence-corrected chi connectivity index (χ3v) is 3.51. The van der Waals surface area contributed by atoms with E-state index in [-0.39, 0.29) is 0 Å². The van der Waals surface area contributed by atoms with Gasteiger partial charge in [0.25, 0.3) is 0 Å². The number of aryl methyl sites for hydroxylation is 1. The highest BCUT2D eigenvalue weighted by Crippen LogP contribution is 2.30. The fourth-order valence-corrected chi connectivity index (χ4v) is 2.44. The van der Waals surface area contributed by atoms with E-state index in [0.29, 0.717) is 0 Å². The average Bonchev–Trinajstić information content (AvgIpc) is 2.46. The normalized spacial score (nSPS) is 10.8. The van der Waals surface area contributed by atoms with Crippen LogP contribution in [0.25, 0.3) is 22.2 Å². The van der Waals surface area contributed by atoms with Crippen molar-refractivity contribution in [3.8, 4) is 11.3 Å². The maximum absolute atomic E-state index is 4.79. The van der Waals surface area contributed by atoms with Gasteiger partial charge in [-0.15, -0.1) is 0 Å². The van der Waals surface area contributed by atoms with Gasteiger partial charge < -0.3 is 4.90 Å². The predicted octanol–water partition coefficient (Wildman–Crippen LogP) is 4.28. The van der Waals surface area contributed by atoms with Crippen molar-refractivity contribution in [1.82, 2.24) is 4.98 Å². The van der Waals surface area contributed by atoms with E-state index in [1.807, 2.05) is 12.1 Å². The lowest BCUT2D eigenvalue weighted by atomic mass is 10.0. The molecule has 1 aromatic heterocycles. The molecule has 0 aliphatic rings. The number of nitrogens with zero attached hydrogens (tertiary/aromatic N) is 2. The fraction of sp³-hybridized carbons (Fsp3) is 0.167. The Kier molecular flexibility index (Phi) is 3.15. The first-order valence-electron chi connectivity index (χ1n) is 6.79. The minimum Gasteiger partial charge on any atom is -0.377 e. The Morgan fingerprint density at radius 3 is 2.50 bits per heavy atom. The van der Waals surface area contributed by atoms with Gasteiger partial charge in [0.05, 0.1) is 11.2 Å². The largest absolute Gasteiger partial charge is 0.377 e. The van der Waals surface area contributed by atoms with Crippen LogP contribution in [0.4, 0.5) is 5.69 Å². The quantitative estimate of drug-likeness (QED) is 0.685. The van der Waals surface area contributed by atoms with Crippen LogP contribution in [0, 0.1) is 6.92 Å². The molecule has 2 heteroatoms. The van der Waals surface area contributed by atoms with Crippen LogP contribution in [-0.2, 0) is 0 Å². The van der Waals surface area contributed by atoms with Crippen molar-refractivity contribution in [2.75, 3.05) is 19.0 Å². The van der Waals surface area contributed by atoms with E-state index in [2.05, 4.69) is 68.4 Å². The van der Waals surface area contributed by atoms with Gasteiger partial charge in [0.15, 0.2) is 0 Å². The third-order valence-electron chi connectivity index (χ3n) is 3.51. The van der Waals surface area contributed by atoms with Crippen molar-refractivity contribution >= 4 is 16.6 Å². The summed E-state index contributed by atoms with van der Waals surface area (Å²) in [5.41, 5.74) is 5.69. The van der Waals surface area contributed by atoms with Gasteiger partial charge in [0, 0.05) is 30.7 Å². The van der Waals surface area contributed by atoms with Crippen molar-refractivity contribution in [2.24, 2.45) is 0 Å². The number of rotatable bonds is 2. The number of benzene rings is 2. The Balaban J connectivity index is 2.20.